The van der Waals surface area contributed by atoms with E-state index in [2.05, 4.69) is 17.9 Å². The van der Waals surface area contributed by atoms with E-state index in [1.54, 1.807) is 0 Å². The Hall–Kier alpha value is -0.440. The van der Waals surface area contributed by atoms with Crippen LogP contribution in [-0.2, 0) is 4.79 Å². The maximum atomic E-state index is 10.8. The standard InChI is InChI=1S/C8H13NOS/c1-5(8(11)6(2)10)9-7-3-4-7/h7,9,11H,3-4H2,1-2H3/b8-5-. The van der Waals surface area contributed by atoms with Gasteiger partial charge in [0.1, 0.15) is 0 Å². The second kappa shape index (κ2) is 3.30. The third-order valence-electron chi connectivity index (χ3n) is 1.69. The van der Waals surface area contributed by atoms with Crippen molar-refractivity contribution in [3.8, 4) is 0 Å². The zero-order valence-corrected chi connectivity index (χ0v) is 7.74. The van der Waals surface area contributed by atoms with Crippen LogP contribution in [-0.4, -0.2) is 11.8 Å². The molecule has 62 valence electrons. The largest absolute Gasteiger partial charge is 0.385 e. The molecule has 0 saturated heterocycles. The lowest BCUT2D eigenvalue weighted by atomic mass is 10.3. The van der Waals surface area contributed by atoms with Crippen LogP contribution in [0.15, 0.2) is 10.6 Å². The zero-order valence-electron chi connectivity index (χ0n) is 6.85. The maximum Gasteiger partial charge on any atom is 0.167 e. The van der Waals surface area contributed by atoms with E-state index in [0.29, 0.717) is 10.9 Å². The summed E-state index contributed by atoms with van der Waals surface area (Å²) in [6.45, 7) is 3.42. The zero-order chi connectivity index (χ0) is 8.43. The van der Waals surface area contributed by atoms with Gasteiger partial charge in [0.25, 0.3) is 0 Å². The average molecular weight is 171 g/mol. The smallest absolute Gasteiger partial charge is 0.167 e. The lowest BCUT2D eigenvalue weighted by Crippen LogP contribution is -2.15. The fraction of sp³-hybridized carbons (Fsp3) is 0.625. The Morgan fingerprint density at radius 3 is 2.36 bits per heavy atom. The second-order valence-electron chi connectivity index (χ2n) is 2.95. The molecule has 0 aromatic heterocycles. The van der Waals surface area contributed by atoms with Gasteiger partial charge in [-0.15, -0.1) is 12.6 Å². The molecule has 0 radical (unpaired) electrons. The Labute approximate surface area is 72.5 Å². The summed E-state index contributed by atoms with van der Waals surface area (Å²) in [6, 6.07) is 0.594. The van der Waals surface area contributed by atoms with E-state index in [-0.39, 0.29) is 5.78 Å². The SMILES string of the molecule is CC(=O)/C(S)=C(\C)NC1CC1. The topological polar surface area (TPSA) is 29.1 Å². The highest BCUT2D eigenvalue weighted by molar-refractivity contribution is 7.85. The monoisotopic (exact) mass is 171 g/mol. The van der Waals surface area contributed by atoms with Crippen LogP contribution in [0.1, 0.15) is 26.7 Å². The Kier molecular flexibility index (Phi) is 2.60. The molecule has 0 bridgehead atoms. The van der Waals surface area contributed by atoms with Crippen molar-refractivity contribution in [2.24, 2.45) is 0 Å². The first-order valence-electron chi connectivity index (χ1n) is 3.78. The minimum atomic E-state index is 0.0268. The van der Waals surface area contributed by atoms with Crippen molar-refractivity contribution in [2.75, 3.05) is 0 Å². The summed E-state index contributed by atoms with van der Waals surface area (Å²) in [5, 5.41) is 3.22. The van der Waals surface area contributed by atoms with E-state index < -0.39 is 0 Å². The third-order valence-corrected chi connectivity index (χ3v) is 2.34. The first-order chi connectivity index (χ1) is 5.11. The van der Waals surface area contributed by atoms with Gasteiger partial charge >= 0.3 is 0 Å². The Morgan fingerprint density at radius 1 is 1.45 bits per heavy atom. The van der Waals surface area contributed by atoms with E-state index in [1.165, 1.54) is 19.8 Å². The van der Waals surface area contributed by atoms with Crippen molar-refractivity contribution in [3.05, 3.63) is 10.6 Å². The summed E-state index contributed by atoms with van der Waals surface area (Å²) >= 11 is 4.09. The normalized spacial score (nSPS) is 19.2. The number of thiol groups is 1. The molecule has 0 spiro atoms. The lowest BCUT2D eigenvalue weighted by Gasteiger charge is -2.05. The van der Waals surface area contributed by atoms with Gasteiger partial charge in [-0.05, 0) is 26.7 Å². The van der Waals surface area contributed by atoms with Crippen LogP contribution >= 0.6 is 12.6 Å². The maximum absolute atomic E-state index is 10.8. The molecule has 0 atom stereocenters. The number of Topliss-reactive ketones (excluding diaryl/α,β-unsaturated/α-hetero) is 1. The van der Waals surface area contributed by atoms with Gasteiger partial charge in [-0.2, -0.15) is 0 Å². The van der Waals surface area contributed by atoms with E-state index >= 15 is 0 Å². The molecule has 1 aliphatic rings. The molecule has 0 amide bonds. The summed E-state index contributed by atoms with van der Waals surface area (Å²) in [5.74, 6) is 0.0268. The van der Waals surface area contributed by atoms with Crippen molar-refractivity contribution in [1.82, 2.24) is 5.32 Å². The lowest BCUT2D eigenvalue weighted by molar-refractivity contribution is -0.113. The first-order valence-corrected chi connectivity index (χ1v) is 4.23. The van der Waals surface area contributed by atoms with E-state index in [0.717, 1.165) is 5.70 Å². The summed E-state index contributed by atoms with van der Waals surface area (Å²) in [7, 11) is 0. The molecule has 11 heavy (non-hydrogen) atoms. The number of carbonyl (C=O) groups is 1. The predicted octanol–water partition coefficient (Wildman–Crippen LogP) is 1.49. The number of hydrogen-bond acceptors (Lipinski definition) is 3. The van der Waals surface area contributed by atoms with Gasteiger partial charge < -0.3 is 5.32 Å². The summed E-state index contributed by atoms with van der Waals surface area (Å²) in [5.41, 5.74) is 0.906. The summed E-state index contributed by atoms with van der Waals surface area (Å²) in [6.07, 6.45) is 2.44. The molecule has 0 aliphatic heterocycles. The Bertz CT molecular complexity index is 206. The van der Waals surface area contributed by atoms with Crippen molar-refractivity contribution >= 4 is 18.4 Å². The molecule has 0 unspecified atom stereocenters. The number of ketones is 1. The fourth-order valence-corrected chi connectivity index (χ4v) is 0.931. The third kappa shape index (κ3) is 2.58. The van der Waals surface area contributed by atoms with Gasteiger partial charge in [0.15, 0.2) is 5.78 Å². The number of carbonyl (C=O) groups excluding carboxylic acids is 1. The Balaban J connectivity index is 2.52. The Morgan fingerprint density at radius 2 is 2.00 bits per heavy atom. The molecule has 0 heterocycles. The van der Waals surface area contributed by atoms with Gasteiger partial charge in [-0.25, -0.2) is 0 Å². The van der Waals surface area contributed by atoms with E-state index in [4.69, 9.17) is 0 Å². The van der Waals surface area contributed by atoms with Crippen LogP contribution in [0, 0.1) is 0 Å². The highest BCUT2D eigenvalue weighted by Crippen LogP contribution is 2.21. The molecule has 1 saturated carbocycles. The number of allylic oxidation sites excluding steroid dienone is 2. The van der Waals surface area contributed by atoms with Gasteiger partial charge in [0.05, 0.1) is 4.91 Å². The van der Waals surface area contributed by atoms with Gasteiger partial charge in [0.2, 0.25) is 0 Å². The molecule has 0 aromatic rings. The molecule has 1 fully saturated rings. The first kappa shape index (κ1) is 8.65. The van der Waals surface area contributed by atoms with Crippen molar-refractivity contribution in [2.45, 2.75) is 32.7 Å². The van der Waals surface area contributed by atoms with Crippen molar-refractivity contribution in [3.63, 3.8) is 0 Å². The summed E-state index contributed by atoms with van der Waals surface area (Å²) in [4.78, 5) is 11.4. The van der Waals surface area contributed by atoms with Gasteiger partial charge in [-0.1, -0.05) is 0 Å². The van der Waals surface area contributed by atoms with Crippen LogP contribution in [0.3, 0.4) is 0 Å². The number of rotatable bonds is 3. The minimum Gasteiger partial charge on any atom is -0.385 e. The van der Waals surface area contributed by atoms with E-state index in [1.807, 2.05) is 6.92 Å². The van der Waals surface area contributed by atoms with Crippen LogP contribution in [0.2, 0.25) is 0 Å². The molecular formula is C8H13NOS. The van der Waals surface area contributed by atoms with Crippen LogP contribution in [0.5, 0.6) is 0 Å². The van der Waals surface area contributed by atoms with Crippen molar-refractivity contribution < 1.29 is 4.79 Å². The second-order valence-corrected chi connectivity index (χ2v) is 3.40. The van der Waals surface area contributed by atoms with Crippen LogP contribution in [0.25, 0.3) is 0 Å². The predicted molar refractivity (Wildman–Crippen MR) is 48.5 cm³/mol. The number of hydrogen-bond donors (Lipinski definition) is 2. The summed E-state index contributed by atoms with van der Waals surface area (Å²) < 4.78 is 0. The van der Waals surface area contributed by atoms with Gasteiger partial charge in [0, 0.05) is 11.7 Å². The molecule has 2 nitrogen and oxygen atoms in total. The number of nitrogens with one attached hydrogen (secondary N) is 1. The quantitative estimate of drug-likeness (QED) is 0.497. The molecule has 0 aromatic carbocycles. The van der Waals surface area contributed by atoms with Crippen molar-refractivity contribution in [1.29, 1.82) is 0 Å². The van der Waals surface area contributed by atoms with E-state index in [9.17, 15) is 4.79 Å². The minimum absolute atomic E-state index is 0.0268. The van der Waals surface area contributed by atoms with Gasteiger partial charge in [-0.3, -0.25) is 4.79 Å². The highest BCUT2D eigenvalue weighted by atomic mass is 32.1. The van der Waals surface area contributed by atoms with Crippen LogP contribution in [0.4, 0.5) is 0 Å². The fourth-order valence-electron chi connectivity index (χ4n) is 0.866. The molecular weight excluding hydrogens is 158 g/mol. The molecule has 1 N–H and O–H groups in total. The molecule has 1 aliphatic carbocycles. The average Bonchev–Trinajstić information content (AvgIpc) is 2.69. The molecule has 3 heteroatoms. The molecule has 1 rings (SSSR count). The highest BCUT2D eigenvalue weighted by Gasteiger charge is 2.21. The van der Waals surface area contributed by atoms with Crippen LogP contribution < -0.4 is 5.32 Å².